The number of ether oxygens (including phenoxy) is 1. The highest BCUT2D eigenvalue weighted by Gasteiger charge is 2.50. The third-order valence-corrected chi connectivity index (χ3v) is 9.63. The number of pyridine rings is 1. The smallest absolute Gasteiger partial charge is 0.381 e. The fourth-order valence-corrected chi connectivity index (χ4v) is 6.54. The first-order valence-corrected chi connectivity index (χ1v) is 15.2. The third kappa shape index (κ3) is 5.65. The van der Waals surface area contributed by atoms with E-state index < -0.39 is 46.8 Å². The van der Waals surface area contributed by atoms with Crippen molar-refractivity contribution in [3.63, 3.8) is 0 Å². The molecule has 238 valence electrons. The molecule has 1 saturated heterocycles. The lowest BCUT2D eigenvalue weighted by molar-refractivity contribution is -0.137. The predicted octanol–water partition coefficient (Wildman–Crippen LogP) is 4.52. The van der Waals surface area contributed by atoms with Gasteiger partial charge < -0.3 is 25.6 Å². The van der Waals surface area contributed by atoms with Crippen LogP contribution in [0.1, 0.15) is 55.2 Å². The molecule has 3 aliphatic rings. The number of anilines is 2. The number of aromatic nitrogens is 1. The maximum Gasteiger partial charge on any atom is 0.416 e. The number of nitrogens with two attached hydrogens (primary N) is 1. The monoisotopic (exact) mass is 623 g/mol. The molecule has 1 saturated carbocycles. The van der Waals surface area contributed by atoms with Gasteiger partial charge in [0.25, 0.3) is 0 Å². The standard InChI is InChI=1S/C33H36F3N5O4/c1-32(38-2,31(37)44)25-18-41(29(42)20-11-13-45-14-12-20)28-15-21(33(34,35)36)9-10-27(28)40(30(25)43)17-24-22-5-3-4-6-26(22)39-16-23(24)19-7-8-19/h3-6,9-10,15-16,19-20,25,38H,7-8,11-14,17-18H2,1-2H3,(H2,37,44)/t25-,32?/m1/s1. The van der Waals surface area contributed by atoms with Crippen molar-refractivity contribution in [1.82, 2.24) is 10.3 Å². The number of nitrogens with one attached hydrogen (secondary N) is 1. The Hall–Kier alpha value is -4.03. The molecule has 3 aromatic rings. The summed E-state index contributed by atoms with van der Waals surface area (Å²) < 4.78 is 47.8. The average Bonchev–Trinajstić information content (AvgIpc) is 3.89. The van der Waals surface area contributed by atoms with E-state index in [1.165, 1.54) is 29.8 Å². The molecule has 1 unspecified atom stereocenters. The fourth-order valence-electron chi connectivity index (χ4n) is 6.54. The van der Waals surface area contributed by atoms with Crippen LogP contribution in [0.25, 0.3) is 10.9 Å². The van der Waals surface area contributed by atoms with Gasteiger partial charge in [-0.2, -0.15) is 13.2 Å². The predicted molar refractivity (Wildman–Crippen MR) is 162 cm³/mol. The van der Waals surface area contributed by atoms with Crippen LogP contribution < -0.4 is 20.9 Å². The molecular weight excluding hydrogens is 587 g/mol. The van der Waals surface area contributed by atoms with Crippen LogP contribution in [0.5, 0.6) is 0 Å². The van der Waals surface area contributed by atoms with E-state index in [1.54, 1.807) is 0 Å². The van der Waals surface area contributed by atoms with Gasteiger partial charge in [-0.05, 0) is 81.0 Å². The topological polar surface area (TPSA) is 118 Å². The van der Waals surface area contributed by atoms with E-state index in [1.807, 2.05) is 30.5 Å². The van der Waals surface area contributed by atoms with Gasteiger partial charge in [0.2, 0.25) is 17.7 Å². The molecule has 1 aliphatic carbocycles. The molecule has 3 amide bonds. The van der Waals surface area contributed by atoms with Gasteiger partial charge in [-0.25, -0.2) is 0 Å². The van der Waals surface area contributed by atoms with Gasteiger partial charge in [0.05, 0.1) is 34.9 Å². The van der Waals surface area contributed by atoms with Gasteiger partial charge in [-0.3, -0.25) is 19.4 Å². The number of benzene rings is 2. The molecule has 3 heterocycles. The third-order valence-electron chi connectivity index (χ3n) is 9.63. The van der Waals surface area contributed by atoms with Gasteiger partial charge in [-0.15, -0.1) is 0 Å². The second-order valence-electron chi connectivity index (χ2n) is 12.3. The lowest BCUT2D eigenvalue weighted by Crippen LogP contribution is -2.63. The van der Waals surface area contributed by atoms with Gasteiger partial charge in [0.1, 0.15) is 5.54 Å². The number of para-hydroxylation sites is 1. The van der Waals surface area contributed by atoms with Crippen molar-refractivity contribution in [3.8, 4) is 0 Å². The number of primary amides is 1. The highest BCUT2D eigenvalue weighted by Crippen LogP contribution is 2.46. The Bertz CT molecular complexity index is 1650. The molecule has 0 spiro atoms. The van der Waals surface area contributed by atoms with Gasteiger partial charge in [0.15, 0.2) is 0 Å². The van der Waals surface area contributed by atoms with Crippen LogP contribution in [-0.4, -0.2) is 55.1 Å². The number of carbonyl (C=O) groups excluding carboxylic acids is 3. The summed E-state index contributed by atoms with van der Waals surface area (Å²) in [4.78, 5) is 49.2. The molecule has 45 heavy (non-hydrogen) atoms. The number of fused-ring (bicyclic) bond motifs is 2. The van der Waals surface area contributed by atoms with E-state index in [0.717, 1.165) is 47.0 Å². The zero-order valence-corrected chi connectivity index (χ0v) is 25.2. The molecule has 2 aromatic carbocycles. The number of likely N-dealkylation sites (N-methyl/N-ethyl adjacent to an activating group) is 1. The first kappa shape index (κ1) is 31.0. The van der Waals surface area contributed by atoms with Gasteiger partial charge >= 0.3 is 6.18 Å². The molecule has 6 rings (SSSR count). The van der Waals surface area contributed by atoms with Crippen molar-refractivity contribution in [1.29, 1.82) is 0 Å². The molecule has 12 heteroatoms. The number of carbonyl (C=O) groups is 3. The van der Waals surface area contributed by atoms with Crippen molar-refractivity contribution in [3.05, 3.63) is 65.4 Å². The van der Waals surface area contributed by atoms with Crippen molar-refractivity contribution >= 4 is 40.0 Å². The SMILES string of the molecule is CNC(C)(C(N)=O)[C@@H]1CN(C(=O)C2CCOCC2)c2cc(C(F)(F)F)ccc2N(Cc2c(C3CC3)cnc3ccccc23)C1=O. The summed E-state index contributed by atoms with van der Waals surface area (Å²) >= 11 is 0. The molecule has 3 N–H and O–H groups in total. The minimum Gasteiger partial charge on any atom is -0.381 e. The zero-order valence-electron chi connectivity index (χ0n) is 25.2. The van der Waals surface area contributed by atoms with Crippen molar-refractivity contribution in [2.45, 2.75) is 56.8 Å². The normalized spacial score (nSPS) is 20.9. The Morgan fingerprint density at radius 1 is 1.07 bits per heavy atom. The van der Waals surface area contributed by atoms with Crippen molar-refractivity contribution < 1.29 is 32.3 Å². The molecule has 1 aromatic heterocycles. The van der Waals surface area contributed by atoms with Crippen LogP contribution in [0.2, 0.25) is 0 Å². The quantitative estimate of drug-likeness (QED) is 0.400. The highest BCUT2D eigenvalue weighted by atomic mass is 19.4. The maximum absolute atomic E-state index is 14.8. The Morgan fingerprint density at radius 2 is 1.78 bits per heavy atom. The minimum atomic E-state index is -4.70. The van der Waals surface area contributed by atoms with Crippen LogP contribution in [-0.2, 0) is 31.8 Å². The minimum absolute atomic E-state index is 0.000416. The highest BCUT2D eigenvalue weighted by molar-refractivity contribution is 6.09. The van der Waals surface area contributed by atoms with E-state index in [9.17, 15) is 27.6 Å². The van der Waals surface area contributed by atoms with Gasteiger partial charge in [0, 0.05) is 37.3 Å². The second-order valence-corrected chi connectivity index (χ2v) is 12.3. The molecular formula is C33H36F3N5O4. The molecule has 9 nitrogen and oxygen atoms in total. The van der Waals surface area contributed by atoms with E-state index in [2.05, 4.69) is 10.3 Å². The number of amides is 3. The summed E-state index contributed by atoms with van der Waals surface area (Å²) in [5.41, 5.74) is 5.93. The van der Waals surface area contributed by atoms with Crippen LogP contribution in [0.15, 0.2) is 48.7 Å². The van der Waals surface area contributed by atoms with Crippen LogP contribution in [0.3, 0.4) is 0 Å². The summed E-state index contributed by atoms with van der Waals surface area (Å²) in [6.07, 6.45) is -0.192. The number of hydrogen-bond donors (Lipinski definition) is 2. The molecule has 2 fully saturated rings. The number of nitrogens with zero attached hydrogens (tertiary/aromatic N) is 3. The van der Waals surface area contributed by atoms with E-state index in [-0.39, 0.29) is 30.4 Å². The van der Waals surface area contributed by atoms with Crippen LogP contribution >= 0.6 is 0 Å². The summed E-state index contributed by atoms with van der Waals surface area (Å²) in [5.74, 6) is -3.27. The Balaban J connectivity index is 1.57. The second kappa shape index (κ2) is 11.7. The lowest BCUT2D eigenvalue weighted by Gasteiger charge is -2.37. The summed E-state index contributed by atoms with van der Waals surface area (Å²) in [6, 6.07) is 10.6. The maximum atomic E-state index is 14.8. The molecule has 2 aliphatic heterocycles. The zero-order chi connectivity index (χ0) is 32.1. The molecule has 2 atom stereocenters. The van der Waals surface area contributed by atoms with E-state index in [4.69, 9.17) is 10.5 Å². The summed E-state index contributed by atoms with van der Waals surface area (Å²) in [5, 5.41) is 3.72. The number of halogens is 3. The number of rotatable bonds is 7. The van der Waals surface area contributed by atoms with Gasteiger partial charge in [-0.1, -0.05) is 18.2 Å². The van der Waals surface area contributed by atoms with Crippen molar-refractivity contribution in [2.75, 3.05) is 36.6 Å². The number of hydrogen-bond acceptors (Lipinski definition) is 6. The van der Waals surface area contributed by atoms with E-state index in [0.29, 0.717) is 26.1 Å². The Kier molecular flexibility index (Phi) is 8.07. The molecule has 0 bridgehead atoms. The molecule has 0 radical (unpaired) electrons. The first-order chi connectivity index (χ1) is 21.4. The van der Waals surface area contributed by atoms with Crippen LogP contribution in [0.4, 0.5) is 24.5 Å². The van der Waals surface area contributed by atoms with E-state index >= 15 is 0 Å². The van der Waals surface area contributed by atoms with Crippen LogP contribution in [0, 0.1) is 11.8 Å². The Labute approximate surface area is 258 Å². The van der Waals surface area contributed by atoms with Crippen molar-refractivity contribution in [2.24, 2.45) is 17.6 Å². The largest absolute Gasteiger partial charge is 0.416 e. The fraction of sp³-hybridized carbons (Fsp3) is 0.455. The number of alkyl halides is 3. The average molecular weight is 624 g/mol. The lowest BCUT2D eigenvalue weighted by atomic mass is 9.83. The first-order valence-electron chi connectivity index (χ1n) is 15.2. The Morgan fingerprint density at radius 3 is 2.42 bits per heavy atom. The summed E-state index contributed by atoms with van der Waals surface area (Å²) in [7, 11) is 1.49. The summed E-state index contributed by atoms with van der Waals surface area (Å²) in [6.45, 7) is 1.82.